The van der Waals surface area contributed by atoms with Gasteiger partial charge in [0.25, 0.3) is 5.91 Å². The van der Waals surface area contributed by atoms with Crippen molar-refractivity contribution >= 4 is 21.8 Å². The summed E-state index contributed by atoms with van der Waals surface area (Å²) in [6.45, 7) is 7.30. The highest BCUT2D eigenvalue weighted by Gasteiger charge is 2.28. The Kier molecular flexibility index (Phi) is 10.3. The Morgan fingerprint density at radius 1 is 1.05 bits per heavy atom. The van der Waals surface area contributed by atoms with Gasteiger partial charge in [-0.05, 0) is 42.5 Å². The summed E-state index contributed by atoms with van der Waals surface area (Å²) >= 11 is 0. The molecule has 2 aromatic rings. The van der Waals surface area contributed by atoms with Gasteiger partial charge >= 0.3 is 0 Å². The van der Waals surface area contributed by atoms with Crippen LogP contribution in [0.25, 0.3) is 0 Å². The molecule has 0 N–H and O–H groups in total. The number of ether oxygens (including phenoxy) is 1. The van der Waals surface area contributed by atoms with Gasteiger partial charge in [-0.25, -0.2) is 8.42 Å². The molecular weight excluding hydrogens is 502 g/mol. The summed E-state index contributed by atoms with van der Waals surface area (Å²) < 4.78 is 34.4. The van der Waals surface area contributed by atoms with Crippen molar-refractivity contribution in [1.82, 2.24) is 14.1 Å². The van der Waals surface area contributed by atoms with E-state index in [9.17, 15) is 18.0 Å². The SMILES string of the molecule is CC(=O)N1CCCCCCN(C)C(=O)c2cc(S(=O)(=O)N(C)Cc3ccccc3)ccc2OC[C@@H]1C(C)C. The summed E-state index contributed by atoms with van der Waals surface area (Å²) in [5, 5.41) is 0. The fourth-order valence-corrected chi connectivity index (χ4v) is 5.92. The normalized spacial score (nSPS) is 18.2. The largest absolute Gasteiger partial charge is 0.491 e. The lowest BCUT2D eigenvalue weighted by molar-refractivity contribution is -0.133. The Balaban J connectivity index is 1.97. The minimum atomic E-state index is -3.86. The van der Waals surface area contributed by atoms with Gasteiger partial charge in [0.15, 0.2) is 0 Å². The molecule has 0 bridgehead atoms. The third kappa shape index (κ3) is 7.35. The average Bonchev–Trinajstić information content (AvgIpc) is 2.88. The van der Waals surface area contributed by atoms with E-state index in [1.165, 1.54) is 23.5 Å². The van der Waals surface area contributed by atoms with E-state index in [0.29, 0.717) is 18.8 Å². The minimum Gasteiger partial charge on any atom is -0.491 e. The second kappa shape index (κ2) is 13.2. The number of carbonyl (C=O) groups excluding carboxylic acids is 2. The first-order valence-corrected chi connectivity index (χ1v) is 14.8. The van der Waals surface area contributed by atoms with E-state index in [0.717, 1.165) is 31.2 Å². The van der Waals surface area contributed by atoms with Gasteiger partial charge in [-0.1, -0.05) is 57.0 Å². The molecule has 0 aliphatic carbocycles. The predicted octanol–water partition coefficient (Wildman–Crippen LogP) is 4.41. The Morgan fingerprint density at radius 2 is 1.71 bits per heavy atom. The van der Waals surface area contributed by atoms with Crippen LogP contribution in [0.1, 0.15) is 62.4 Å². The van der Waals surface area contributed by atoms with Crippen molar-refractivity contribution in [2.75, 3.05) is 33.8 Å². The molecule has 2 amide bonds. The Labute approximate surface area is 227 Å². The van der Waals surface area contributed by atoms with Crippen LogP contribution in [-0.4, -0.2) is 74.2 Å². The standard InChI is InChI=1S/C29H41N3O5S/c1-22(2)27-21-37-28-16-15-25(38(35,36)31(5)20-24-13-9-8-10-14-24)19-26(28)29(34)30(4)17-11-6-7-12-18-32(27)23(3)33/h8-10,13-16,19,22,27H,6-7,11-12,17-18,20-21H2,1-5H3/t27-/m1/s1. The number of fused-ring (bicyclic) bond motifs is 1. The zero-order chi connectivity index (χ0) is 27.9. The zero-order valence-electron chi connectivity index (χ0n) is 23.2. The summed E-state index contributed by atoms with van der Waals surface area (Å²) in [6, 6.07) is 13.7. The monoisotopic (exact) mass is 543 g/mol. The molecule has 1 aliphatic rings. The zero-order valence-corrected chi connectivity index (χ0v) is 24.0. The van der Waals surface area contributed by atoms with Gasteiger partial charge in [0.1, 0.15) is 12.4 Å². The molecule has 0 unspecified atom stereocenters. The summed E-state index contributed by atoms with van der Waals surface area (Å²) in [4.78, 5) is 29.5. The van der Waals surface area contributed by atoms with E-state index >= 15 is 0 Å². The van der Waals surface area contributed by atoms with Crippen molar-refractivity contribution in [2.45, 2.75) is 63.9 Å². The van der Waals surface area contributed by atoms with Gasteiger partial charge in [-0.15, -0.1) is 0 Å². The molecule has 208 valence electrons. The number of nitrogens with zero attached hydrogens (tertiary/aromatic N) is 3. The van der Waals surface area contributed by atoms with Gasteiger partial charge in [0.05, 0.1) is 16.5 Å². The van der Waals surface area contributed by atoms with Crippen molar-refractivity contribution < 1.29 is 22.7 Å². The molecule has 38 heavy (non-hydrogen) atoms. The Hall–Kier alpha value is -2.91. The van der Waals surface area contributed by atoms with Crippen LogP contribution in [0.5, 0.6) is 5.75 Å². The quantitative estimate of drug-likeness (QED) is 0.558. The van der Waals surface area contributed by atoms with Crippen molar-refractivity contribution in [3.05, 3.63) is 59.7 Å². The highest BCUT2D eigenvalue weighted by atomic mass is 32.2. The molecule has 1 heterocycles. The van der Waals surface area contributed by atoms with E-state index in [-0.39, 0.29) is 47.4 Å². The van der Waals surface area contributed by atoms with Crippen molar-refractivity contribution in [2.24, 2.45) is 5.92 Å². The third-order valence-corrected chi connectivity index (χ3v) is 8.91. The van der Waals surface area contributed by atoms with Gasteiger partial charge in [0.2, 0.25) is 15.9 Å². The van der Waals surface area contributed by atoms with E-state index in [1.54, 1.807) is 24.9 Å². The minimum absolute atomic E-state index is 0.00155. The number of carbonyl (C=O) groups is 2. The summed E-state index contributed by atoms with van der Waals surface area (Å²) in [6.07, 6.45) is 3.63. The van der Waals surface area contributed by atoms with E-state index < -0.39 is 10.0 Å². The lowest BCUT2D eigenvalue weighted by Crippen LogP contribution is -2.46. The number of sulfonamides is 1. The van der Waals surface area contributed by atoms with Crippen LogP contribution in [0.2, 0.25) is 0 Å². The van der Waals surface area contributed by atoms with Crippen LogP contribution in [0.15, 0.2) is 53.4 Å². The van der Waals surface area contributed by atoms with Crippen molar-refractivity contribution in [3.63, 3.8) is 0 Å². The van der Waals surface area contributed by atoms with Crippen molar-refractivity contribution in [1.29, 1.82) is 0 Å². The number of hydrogen-bond donors (Lipinski definition) is 0. The number of hydrogen-bond acceptors (Lipinski definition) is 5. The highest BCUT2D eigenvalue weighted by molar-refractivity contribution is 7.89. The summed E-state index contributed by atoms with van der Waals surface area (Å²) in [5.74, 6) is 0.167. The smallest absolute Gasteiger partial charge is 0.257 e. The molecule has 0 aromatic heterocycles. The Morgan fingerprint density at radius 3 is 2.34 bits per heavy atom. The molecule has 8 nitrogen and oxygen atoms in total. The predicted molar refractivity (Wildman–Crippen MR) is 148 cm³/mol. The molecule has 0 saturated carbocycles. The molecule has 3 rings (SSSR count). The maximum absolute atomic E-state index is 13.5. The maximum Gasteiger partial charge on any atom is 0.257 e. The van der Waals surface area contributed by atoms with Crippen LogP contribution >= 0.6 is 0 Å². The molecule has 0 spiro atoms. The maximum atomic E-state index is 13.5. The number of amides is 2. The topological polar surface area (TPSA) is 87.2 Å². The fourth-order valence-electron chi connectivity index (χ4n) is 4.73. The van der Waals surface area contributed by atoms with Gasteiger partial charge in [-0.3, -0.25) is 9.59 Å². The highest BCUT2D eigenvalue weighted by Crippen LogP contribution is 2.28. The average molecular weight is 544 g/mol. The molecule has 1 aliphatic heterocycles. The van der Waals surface area contributed by atoms with Crippen LogP contribution in [0.3, 0.4) is 0 Å². The van der Waals surface area contributed by atoms with E-state index in [2.05, 4.69) is 0 Å². The van der Waals surface area contributed by atoms with E-state index in [1.807, 2.05) is 49.1 Å². The van der Waals surface area contributed by atoms with Gasteiger partial charge in [-0.2, -0.15) is 4.31 Å². The summed E-state index contributed by atoms with van der Waals surface area (Å²) in [7, 11) is -0.601. The van der Waals surface area contributed by atoms with E-state index in [4.69, 9.17) is 4.74 Å². The van der Waals surface area contributed by atoms with Crippen LogP contribution in [0, 0.1) is 5.92 Å². The molecule has 1 atom stereocenters. The molecule has 0 radical (unpaired) electrons. The molecule has 0 fully saturated rings. The molecule has 2 aromatic carbocycles. The first-order valence-electron chi connectivity index (χ1n) is 13.3. The fraction of sp³-hybridized carbons (Fsp3) is 0.517. The van der Waals surface area contributed by atoms with Gasteiger partial charge < -0.3 is 14.5 Å². The van der Waals surface area contributed by atoms with Crippen LogP contribution in [0.4, 0.5) is 0 Å². The molecule has 9 heteroatoms. The lowest BCUT2D eigenvalue weighted by Gasteiger charge is -2.34. The number of benzene rings is 2. The lowest BCUT2D eigenvalue weighted by atomic mass is 10.0. The van der Waals surface area contributed by atoms with Crippen LogP contribution < -0.4 is 4.74 Å². The van der Waals surface area contributed by atoms with Crippen molar-refractivity contribution in [3.8, 4) is 5.75 Å². The third-order valence-electron chi connectivity index (χ3n) is 7.11. The molecular formula is C29H41N3O5S. The first-order chi connectivity index (χ1) is 18.0. The van der Waals surface area contributed by atoms with Gasteiger partial charge in [0, 0.05) is 40.7 Å². The summed E-state index contributed by atoms with van der Waals surface area (Å²) in [5.41, 5.74) is 1.07. The Bertz CT molecular complexity index is 1200. The number of rotatable bonds is 5. The molecule has 0 saturated heterocycles. The second-order valence-corrected chi connectivity index (χ2v) is 12.4. The van der Waals surface area contributed by atoms with Crippen LogP contribution in [-0.2, 0) is 21.4 Å². The first kappa shape index (κ1) is 29.6. The second-order valence-electron chi connectivity index (χ2n) is 10.4.